The highest BCUT2D eigenvalue weighted by Crippen LogP contribution is 2.30. The van der Waals surface area contributed by atoms with E-state index in [9.17, 15) is 18.0 Å². The van der Waals surface area contributed by atoms with Crippen LogP contribution in [-0.4, -0.2) is 57.6 Å². The van der Waals surface area contributed by atoms with Gasteiger partial charge in [0.05, 0.1) is 19.1 Å². The Kier molecular flexibility index (Phi) is 9.90. The predicted octanol–water partition coefficient (Wildman–Crippen LogP) is 3.55. The molecule has 8 nitrogen and oxygen atoms in total. The highest BCUT2D eigenvalue weighted by atomic mass is 32.2. The van der Waals surface area contributed by atoms with Gasteiger partial charge in [0.2, 0.25) is 21.8 Å². The molecule has 202 valence electrons. The molecule has 0 aromatic heterocycles. The van der Waals surface area contributed by atoms with E-state index in [1.54, 1.807) is 24.3 Å². The molecule has 1 unspecified atom stereocenters. The van der Waals surface area contributed by atoms with Crippen LogP contribution in [0.1, 0.15) is 23.6 Å². The maximum atomic E-state index is 14.0. The number of carbonyl (C=O) groups is 2. The molecule has 3 aromatic rings. The van der Waals surface area contributed by atoms with E-state index in [0.717, 1.165) is 27.3 Å². The molecule has 0 saturated carbocycles. The number of methoxy groups -OCH3 is 1. The van der Waals surface area contributed by atoms with Crippen molar-refractivity contribution in [2.45, 2.75) is 32.9 Å². The van der Waals surface area contributed by atoms with Gasteiger partial charge in [-0.2, -0.15) is 0 Å². The number of benzene rings is 3. The Morgan fingerprint density at radius 1 is 0.921 bits per heavy atom. The maximum Gasteiger partial charge on any atom is 0.244 e. The minimum atomic E-state index is -3.87. The van der Waals surface area contributed by atoms with Crippen LogP contribution in [0.5, 0.6) is 5.75 Å². The van der Waals surface area contributed by atoms with Crippen LogP contribution in [0.15, 0.2) is 78.9 Å². The summed E-state index contributed by atoms with van der Waals surface area (Å²) in [5.41, 5.74) is 3.03. The molecule has 0 saturated heterocycles. The van der Waals surface area contributed by atoms with E-state index in [0.29, 0.717) is 12.3 Å². The molecule has 0 fully saturated rings. The Morgan fingerprint density at radius 2 is 1.55 bits per heavy atom. The standard InChI is InChI=1S/C29H35N3O5S/c1-5-30-29(34)26(19-23-11-7-6-8-12-23)31(20-24-17-15-22(2)16-18-24)28(33)21-32(38(4,35)36)25-13-9-10-14-27(25)37-3/h6-18,26H,5,19-21H2,1-4H3,(H,30,34). The summed E-state index contributed by atoms with van der Waals surface area (Å²) in [5.74, 6) is -0.491. The summed E-state index contributed by atoms with van der Waals surface area (Å²) >= 11 is 0. The number of likely N-dealkylation sites (N-methyl/N-ethyl adjacent to an activating group) is 1. The topological polar surface area (TPSA) is 96.0 Å². The first kappa shape index (κ1) is 28.7. The number of aryl methyl sites for hydroxylation is 1. The fourth-order valence-corrected chi connectivity index (χ4v) is 5.02. The Labute approximate surface area is 225 Å². The number of hydrogen-bond donors (Lipinski definition) is 1. The first-order chi connectivity index (χ1) is 18.1. The summed E-state index contributed by atoms with van der Waals surface area (Å²) in [7, 11) is -2.43. The lowest BCUT2D eigenvalue weighted by Crippen LogP contribution is -2.53. The average Bonchev–Trinajstić information content (AvgIpc) is 2.90. The number of nitrogens with one attached hydrogen (secondary N) is 1. The third-order valence-corrected chi connectivity index (χ3v) is 7.26. The summed E-state index contributed by atoms with van der Waals surface area (Å²) < 4.78 is 32.1. The largest absolute Gasteiger partial charge is 0.495 e. The van der Waals surface area contributed by atoms with Crippen molar-refractivity contribution >= 4 is 27.5 Å². The number of ether oxygens (including phenoxy) is 1. The molecular weight excluding hydrogens is 502 g/mol. The van der Waals surface area contributed by atoms with E-state index >= 15 is 0 Å². The van der Waals surface area contributed by atoms with Crippen LogP contribution in [0.4, 0.5) is 5.69 Å². The summed E-state index contributed by atoms with van der Waals surface area (Å²) in [4.78, 5) is 28.8. The normalized spacial score (nSPS) is 11.9. The zero-order chi connectivity index (χ0) is 27.7. The molecule has 2 amide bonds. The second-order valence-corrected chi connectivity index (χ2v) is 11.0. The van der Waals surface area contributed by atoms with Gasteiger partial charge in [-0.25, -0.2) is 8.42 Å². The third kappa shape index (κ3) is 7.58. The quantitative estimate of drug-likeness (QED) is 0.381. The number of carbonyl (C=O) groups excluding carboxylic acids is 2. The third-order valence-electron chi connectivity index (χ3n) is 6.13. The van der Waals surface area contributed by atoms with E-state index in [4.69, 9.17) is 4.74 Å². The number of nitrogens with zero attached hydrogens (tertiary/aromatic N) is 2. The minimum absolute atomic E-state index is 0.136. The Morgan fingerprint density at radius 3 is 2.16 bits per heavy atom. The SMILES string of the molecule is CCNC(=O)C(Cc1ccccc1)N(Cc1ccc(C)cc1)C(=O)CN(c1ccccc1OC)S(C)(=O)=O. The predicted molar refractivity (Wildman–Crippen MR) is 150 cm³/mol. The van der Waals surface area contributed by atoms with Crippen molar-refractivity contribution in [2.24, 2.45) is 0 Å². The second-order valence-electron chi connectivity index (χ2n) is 9.05. The zero-order valence-electron chi connectivity index (χ0n) is 22.3. The van der Waals surface area contributed by atoms with Gasteiger partial charge in [-0.05, 0) is 37.1 Å². The average molecular weight is 538 g/mol. The van der Waals surface area contributed by atoms with Crippen molar-refractivity contribution in [3.05, 3.63) is 95.6 Å². The lowest BCUT2D eigenvalue weighted by molar-refractivity contribution is -0.140. The number of amides is 2. The molecule has 0 spiro atoms. The molecule has 0 aliphatic rings. The smallest absolute Gasteiger partial charge is 0.244 e. The number of sulfonamides is 1. The molecule has 9 heteroatoms. The van der Waals surface area contributed by atoms with Crippen LogP contribution in [0, 0.1) is 6.92 Å². The monoisotopic (exact) mass is 537 g/mol. The van der Waals surface area contributed by atoms with Gasteiger partial charge in [-0.15, -0.1) is 0 Å². The van der Waals surface area contributed by atoms with Crippen LogP contribution in [0.2, 0.25) is 0 Å². The lowest BCUT2D eigenvalue weighted by atomic mass is 10.0. The van der Waals surface area contributed by atoms with E-state index in [1.807, 2.05) is 68.4 Å². The lowest BCUT2D eigenvalue weighted by Gasteiger charge is -2.33. The van der Waals surface area contributed by atoms with Crippen LogP contribution in [-0.2, 0) is 32.6 Å². The van der Waals surface area contributed by atoms with Gasteiger partial charge in [0.15, 0.2) is 0 Å². The first-order valence-electron chi connectivity index (χ1n) is 12.4. The van der Waals surface area contributed by atoms with E-state index < -0.39 is 28.5 Å². The van der Waals surface area contributed by atoms with Crippen molar-refractivity contribution in [2.75, 3.05) is 30.8 Å². The van der Waals surface area contributed by atoms with Gasteiger partial charge < -0.3 is 15.0 Å². The van der Waals surface area contributed by atoms with Crippen molar-refractivity contribution in [3.63, 3.8) is 0 Å². The minimum Gasteiger partial charge on any atom is -0.495 e. The zero-order valence-corrected chi connectivity index (χ0v) is 23.1. The Balaban J connectivity index is 2.05. The van der Waals surface area contributed by atoms with E-state index in [2.05, 4.69) is 5.32 Å². The van der Waals surface area contributed by atoms with Gasteiger partial charge in [-0.3, -0.25) is 13.9 Å². The van der Waals surface area contributed by atoms with Crippen molar-refractivity contribution < 1.29 is 22.7 Å². The van der Waals surface area contributed by atoms with Crippen molar-refractivity contribution in [1.29, 1.82) is 0 Å². The molecule has 0 aliphatic carbocycles. The van der Waals surface area contributed by atoms with Gasteiger partial charge in [0.1, 0.15) is 18.3 Å². The molecule has 1 N–H and O–H groups in total. The van der Waals surface area contributed by atoms with Crippen LogP contribution >= 0.6 is 0 Å². The molecule has 0 radical (unpaired) electrons. The van der Waals surface area contributed by atoms with Crippen LogP contribution in [0.3, 0.4) is 0 Å². The molecule has 38 heavy (non-hydrogen) atoms. The summed E-state index contributed by atoms with van der Waals surface area (Å²) in [5, 5.41) is 2.84. The summed E-state index contributed by atoms with van der Waals surface area (Å²) in [6.07, 6.45) is 1.32. The highest BCUT2D eigenvalue weighted by molar-refractivity contribution is 7.92. The molecule has 0 heterocycles. The van der Waals surface area contributed by atoms with E-state index in [1.165, 1.54) is 12.0 Å². The number of anilines is 1. The number of para-hydroxylation sites is 2. The van der Waals surface area contributed by atoms with Gasteiger partial charge in [0, 0.05) is 19.5 Å². The summed E-state index contributed by atoms with van der Waals surface area (Å²) in [6.45, 7) is 3.83. The number of rotatable bonds is 12. The van der Waals surface area contributed by atoms with E-state index in [-0.39, 0.29) is 24.6 Å². The van der Waals surface area contributed by atoms with Gasteiger partial charge in [-0.1, -0.05) is 72.3 Å². The molecule has 3 rings (SSSR count). The van der Waals surface area contributed by atoms with Crippen molar-refractivity contribution in [1.82, 2.24) is 10.2 Å². The molecule has 1 atom stereocenters. The van der Waals surface area contributed by atoms with Gasteiger partial charge >= 0.3 is 0 Å². The fourth-order valence-electron chi connectivity index (χ4n) is 4.17. The Bertz CT molecular complexity index is 1330. The summed E-state index contributed by atoms with van der Waals surface area (Å²) in [6, 6.07) is 22.9. The van der Waals surface area contributed by atoms with Crippen molar-refractivity contribution in [3.8, 4) is 5.75 Å². The molecular formula is C29H35N3O5S. The van der Waals surface area contributed by atoms with Crippen LogP contribution in [0.25, 0.3) is 0 Å². The highest BCUT2D eigenvalue weighted by Gasteiger charge is 2.33. The second kappa shape index (κ2) is 13.1. The maximum absolute atomic E-state index is 14.0. The van der Waals surface area contributed by atoms with Crippen LogP contribution < -0.4 is 14.4 Å². The fraction of sp³-hybridized carbons (Fsp3) is 0.310. The van der Waals surface area contributed by atoms with Gasteiger partial charge in [0.25, 0.3) is 0 Å². The molecule has 3 aromatic carbocycles. The molecule has 0 aliphatic heterocycles. The first-order valence-corrected chi connectivity index (χ1v) is 14.3. The molecule has 0 bridgehead atoms. The Hall–Kier alpha value is -3.85. The number of hydrogen-bond acceptors (Lipinski definition) is 5.